The van der Waals surface area contributed by atoms with E-state index < -0.39 is 0 Å². The molecule has 0 aromatic carbocycles. The van der Waals surface area contributed by atoms with Crippen molar-refractivity contribution in [3.05, 3.63) is 42.0 Å². The van der Waals surface area contributed by atoms with Crippen molar-refractivity contribution in [3.63, 3.8) is 0 Å². The Labute approximate surface area is 190 Å². The van der Waals surface area contributed by atoms with Gasteiger partial charge in [0.15, 0.2) is 11.6 Å². The molecule has 1 amide bonds. The maximum Gasteiger partial charge on any atom is 0.228 e. The van der Waals surface area contributed by atoms with Crippen molar-refractivity contribution in [2.45, 2.75) is 6.42 Å². The first-order chi connectivity index (χ1) is 13.7. The van der Waals surface area contributed by atoms with Crippen LogP contribution in [0.5, 0.6) is 5.75 Å². The number of pyridine rings is 2. The van der Waals surface area contributed by atoms with E-state index >= 15 is 0 Å². The molecule has 0 aliphatic carbocycles. The number of carbonyl (C=O) groups is 1. The molecule has 0 bridgehead atoms. The minimum atomic E-state index is 0. The molecule has 1 aliphatic rings. The van der Waals surface area contributed by atoms with E-state index in [1.54, 1.807) is 24.4 Å². The van der Waals surface area contributed by atoms with E-state index in [4.69, 9.17) is 4.74 Å². The molecule has 3 aromatic rings. The highest BCUT2D eigenvalue weighted by Crippen LogP contribution is 2.30. The van der Waals surface area contributed by atoms with E-state index in [2.05, 4.69) is 25.6 Å². The van der Waals surface area contributed by atoms with Crippen molar-refractivity contribution in [2.24, 2.45) is 0 Å². The Bertz CT molecular complexity index is 956. The highest BCUT2D eigenvalue weighted by atomic mass is 35.5. The first-order valence-corrected chi connectivity index (χ1v) is 9.81. The summed E-state index contributed by atoms with van der Waals surface area (Å²) in [6, 6.07) is 7.44. The topological polar surface area (TPSA) is 92.3 Å². The molecule has 4 rings (SSSR count). The zero-order chi connectivity index (χ0) is 19.3. The van der Waals surface area contributed by atoms with Crippen LogP contribution in [-0.4, -0.2) is 47.6 Å². The van der Waals surface area contributed by atoms with Gasteiger partial charge in [-0.05, 0) is 24.3 Å². The number of halogens is 2. The van der Waals surface area contributed by atoms with Crippen LogP contribution in [0, 0.1) is 0 Å². The number of ether oxygens (including phenoxy) is 1. The van der Waals surface area contributed by atoms with Gasteiger partial charge in [-0.3, -0.25) is 4.79 Å². The number of hydrogen-bond acceptors (Lipinski definition) is 8. The summed E-state index contributed by atoms with van der Waals surface area (Å²) in [6.45, 7) is 2.12. The molecule has 0 spiro atoms. The summed E-state index contributed by atoms with van der Waals surface area (Å²) in [6.07, 6.45) is 3.94. The van der Waals surface area contributed by atoms with Crippen LogP contribution < -0.4 is 20.3 Å². The third-order valence-electron chi connectivity index (χ3n) is 4.36. The summed E-state index contributed by atoms with van der Waals surface area (Å²) in [4.78, 5) is 27.4. The van der Waals surface area contributed by atoms with Gasteiger partial charge in [0.25, 0.3) is 0 Å². The van der Waals surface area contributed by atoms with Crippen molar-refractivity contribution in [2.75, 3.05) is 37.0 Å². The Kier molecular flexibility index (Phi) is 8.79. The SMILES string of the molecule is COc1ccc(-c2nccs2)nc1Nc1ccc(N2CCNCCC2=O)cn1.Cl.Cl. The lowest BCUT2D eigenvalue weighted by Crippen LogP contribution is -2.32. The standard InChI is InChI=1S/C19H20N6O2S.2ClH/c1-27-15-4-3-14(19-21-9-11-28-19)23-18(15)24-16-5-2-13(12-22-16)25-10-8-20-7-6-17(25)26;;/h2-5,9,11-12,20H,6-8,10H2,1H3,(H,22,23,24);2*1H. The van der Waals surface area contributed by atoms with Crippen molar-refractivity contribution in [1.29, 1.82) is 0 Å². The van der Waals surface area contributed by atoms with Crippen molar-refractivity contribution in [1.82, 2.24) is 20.3 Å². The highest BCUT2D eigenvalue weighted by Gasteiger charge is 2.18. The van der Waals surface area contributed by atoms with Gasteiger partial charge >= 0.3 is 0 Å². The highest BCUT2D eigenvalue weighted by molar-refractivity contribution is 7.13. The number of rotatable bonds is 5. The molecule has 3 aromatic heterocycles. The molecule has 4 heterocycles. The van der Waals surface area contributed by atoms with E-state index in [1.807, 2.05) is 29.6 Å². The predicted octanol–water partition coefficient (Wildman–Crippen LogP) is 3.52. The van der Waals surface area contributed by atoms with Crippen LogP contribution in [0.1, 0.15) is 6.42 Å². The van der Waals surface area contributed by atoms with Crippen molar-refractivity contribution >= 4 is 59.4 Å². The molecule has 8 nitrogen and oxygen atoms in total. The number of methoxy groups -OCH3 is 1. The van der Waals surface area contributed by atoms with Crippen LogP contribution in [0.3, 0.4) is 0 Å². The molecule has 1 aliphatic heterocycles. The summed E-state index contributed by atoms with van der Waals surface area (Å²) in [5.74, 6) is 1.89. The second-order valence-corrected chi connectivity index (χ2v) is 7.05. The van der Waals surface area contributed by atoms with Crippen LogP contribution in [-0.2, 0) is 4.79 Å². The van der Waals surface area contributed by atoms with E-state index in [1.165, 1.54) is 11.3 Å². The molecule has 11 heteroatoms. The number of amides is 1. The number of nitrogens with one attached hydrogen (secondary N) is 2. The van der Waals surface area contributed by atoms with Crippen LogP contribution in [0.15, 0.2) is 42.0 Å². The third-order valence-corrected chi connectivity index (χ3v) is 5.16. The summed E-state index contributed by atoms with van der Waals surface area (Å²) in [5, 5.41) is 9.17. The maximum atomic E-state index is 12.2. The maximum absolute atomic E-state index is 12.2. The van der Waals surface area contributed by atoms with Gasteiger partial charge in [0.1, 0.15) is 16.5 Å². The van der Waals surface area contributed by atoms with E-state index in [0.717, 1.165) is 22.9 Å². The average Bonchev–Trinajstić information content (AvgIpc) is 3.18. The molecule has 0 radical (unpaired) electrons. The minimum absolute atomic E-state index is 0. The van der Waals surface area contributed by atoms with Gasteiger partial charge in [-0.25, -0.2) is 15.0 Å². The van der Waals surface area contributed by atoms with Gasteiger partial charge < -0.3 is 20.3 Å². The monoisotopic (exact) mass is 468 g/mol. The predicted molar refractivity (Wildman–Crippen MR) is 124 cm³/mol. The summed E-state index contributed by atoms with van der Waals surface area (Å²) in [5.41, 5.74) is 1.55. The van der Waals surface area contributed by atoms with Crippen LogP contribution in [0.4, 0.5) is 17.3 Å². The molecular formula is C19H22Cl2N6O2S. The average molecular weight is 469 g/mol. The Balaban J connectivity index is 0.00000160. The number of hydrogen-bond donors (Lipinski definition) is 2. The first-order valence-electron chi connectivity index (χ1n) is 8.93. The molecule has 2 N–H and O–H groups in total. The van der Waals surface area contributed by atoms with E-state index in [9.17, 15) is 4.79 Å². The number of nitrogens with zero attached hydrogens (tertiary/aromatic N) is 4. The zero-order valence-electron chi connectivity index (χ0n) is 16.2. The Morgan fingerprint density at radius 2 is 2.03 bits per heavy atom. The number of aromatic nitrogens is 3. The fourth-order valence-corrected chi connectivity index (χ4v) is 3.56. The van der Waals surface area contributed by atoms with Crippen LogP contribution in [0.25, 0.3) is 10.7 Å². The lowest BCUT2D eigenvalue weighted by atomic mass is 10.3. The molecular weight excluding hydrogens is 447 g/mol. The molecule has 1 fully saturated rings. The van der Waals surface area contributed by atoms with Crippen molar-refractivity contribution < 1.29 is 9.53 Å². The molecule has 0 saturated carbocycles. The number of carbonyl (C=O) groups excluding carboxylic acids is 1. The molecule has 0 unspecified atom stereocenters. The van der Waals surface area contributed by atoms with Gasteiger partial charge in [0.05, 0.1) is 19.0 Å². The van der Waals surface area contributed by atoms with Crippen molar-refractivity contribution in [3.8, 4) is 16.5 Å². The number of thiazole rings is 1. The lowest BCUT2D eigenvalue weighted by Gasteiger charge is -2.20. The fraction of sp³-hybridized carbons (Fsp3) is 0.263. The molecule has 160 valence electrons. The second-order valence-electron chi connectivity index (χ2n) is 6.16. The normalized spacial score (nSPS) is 13.6. The lowest BCUT2D eigenvalue weighted by molar-refractivity contribution is -0.118. The molecule has 0 atom stereocenters. The van der Waals surface area contributed by atoms with Crippen LogP contribution in [0.2, 0.25) is 0 Å². The Morgan fingerprint density at radius 3 is 2.73 bits per heavy atom. The minimum Gasteiger partial charge on any atom is -0.493 e. The van der Waals surface area contributed by atoms with E-state index in [0.29, 0.717) is 36.9 Å². The quantitative estimate of drug-likeness (QED) is 0.591. The van der Waals surface area contributed by atoms with Gasteiger partial charge in [-0.1, -0.05) is 0 Å². The number of anilines is 3. The summed E-state index contributed by atoms with van der Waals surface area (Å²) >= 11 is 1.52. The fourth-order valence-electron chi connectivity index (χ4n) is 2.95. The second kappa shape index (κ2) is 11.1. The smallest absolute Gasteiger partial charge is 0.228 e. The molecule has 1 saturated heterocycles. The summed E-state index contributed by atoms with van der Waals surface area (Å²) in [7, 11) is 1.60. The van der Waals surface area contributed by atoms with Gasteiger partial charge in [-0.2, -0.15) is 0 Å². The Morgan fingerprint density at radius 1 is 1.17 bits per heavy atom. The molecule has 30 heavy (non-hydrogen) atoms. The van der Waals surface area contributed by atoms with Gasteiger partial charge in [0.2, 0.25) is 5.91 Å². The first kappa shape index (κ1) is 23.8. The Hall–Kier alpha value is -2.46. The van der Waals surface area contributed by atoms with Gasteiger partial charge in [0, 0.05) is 37.6 Å². The van der Waals surface area contributed by atoms with Gasteiger partial charge in [-0.15, -0.1) is 36.2 Å². The zero-order valence-corrected chi connectivity index (χ0v) is 18.6. The summed E-state index contributed by atoms with van der Waals surface area (Å²) < 4.78 is 5.41. The van der Waals surface area contributed by atoms with E-state index in [-0.39, 0.29) is 30.7 Å². The van der Waals surface area contributed by atoms with Crippen LogP contribution >= 0.6 is 36.2 Å². The third kappa shape index (κ3) is 5.37. The largest absolute Gasteiger partial charge is 0.493 e.